The van der Waals surface area contributed by atoms with Gasteiger partial charge in [0.25, 0.3) is 0 Å². The first kappa shape index (κ1) is 6.89. The Bertz CT molecular complexity index is 111. The van der Waals surface area contributed by atoms with Crippen LogP contribution < -0.4 is 0 Å². The molecule has 7 heavy (non-hydrogen) atoms. The molecule has 0 aliphatic rings. The number of rotatable bonds is 1. The molecular formula is C3H7O3P. The van der Waals surface area contributed by atoms with Crippen LogP contribution in [0.3, 0.4) is 0 Å². The van der Waals surface area contributed by atoms with Gasteiger partial charge in [0.15, 0.2) is 0 Å². The van der Waals surface area contributed by atoms with E-state index < -0.39 is 7.60 Å². The Balaban J connectivity index is 3.82. The van der Waals surface area contributed by atoms with E-state index in [1.807, 2.05) is 0 Å². The van der Waals surface area contributed by atoms with Crippen LogP contribution in [0.5, 0.6) is 0 Å². The number of hydrogen-bond acceptors (Lipinski definition) is 1. The third-order valence-electron chi connectivity index (χ3n) is 0.343. The lowest BCUT2D eigenvalue weighted by atomic mass is 10.8. The summed E-state index contributed by atoms with van der Waals surface area (Å²) in [5.41, 5.74) is 0. The summed E-state index contributed by atoms with van der Waals surface area (Å²) in [6.45, 7) is 1.55. The first-order valence-electron chi connectivity index (χ1n) is 1.75. The highest BCUT2D eigenvalue weighted by Crippen LogP contribution is 2.35. The molecule has 0 rings (SSSR count). The molecule has 0 unspecified atom stereocenters. The van der Waals surface area contributed by atoms with Gasteiger partial charge in [0.1, 0.15) is 0 Å². The van der Waals surface area contributed by atoms with E-state index in [9.17, 15) is 4.57 Å². The Morgan fingerprint density at radius 3 is 2.00 bits per heavy atom. The van der Waals surface area contributed by atoms with Gasteiger partial charge < -0.3 is 9.79 Å². The van der Waals surface area contributed by atoms with Gasteiger partial charge in [0, 0.05) is 5.82 Å². The molecular weight excluding hydrogens is 115 g/mol. The lowest BCUT2D eigenvalue weighted by molar-refractivity contribution is 0.386. The van der Waals surface area contributed by atoms with Crippen molar-refractivity contribution in [2.24, 2.45) is 0 Å². The summed E-state index contributed by atoms with van der Waals surface area (Å²) in [7, 11) is -3.85. The van der Waals surface area contributed by atoms with Crippen molar-refractivity contribution in [1.82, 2.24) is 0 Å². The van der Waals surface area contributed by atoms with E-state index in [1.54, 1.807) is 6.92 Å². The fourth-order valence-corrected chi connectivity index (χ4v) is 0.583. The fourth-order valence-electron chi connectivity index (χ4n) is 0.194. The Kier molecular flexibility index (Phi) is 2.23. The van der Waals surface area contributed by atoms with Gasteiger partial charge in [0.05, 0.1) is 0 Å². The molecule has 0 heterocycles. The lowest BCUT2D eigenvalue weighted by Crippen LogP contribution is -1.65. The number of allylic oxidation sites excluding steroid dienone is 1. The third kappa shape index (κ3) is 5.89. The number of hydrogen-bond donors (Lipinski definition) is 2. The predicted octanol–water partition coefficient (Wildman–Crippen LogP) is 0.698. The molecule has 0 amide bonds. The van der Waals surface area contributed by atoms with Crippen molar-refractivity contribution in [3.8, 4) is 0 Å². The van der Waals surface area contributed by atoms with Crippen LogP contribution in [0.2, 0.25) is 0 Å². The second-order valence-corrected chi connectivity index (χ2v) is 2.55. The molecule has 2 N–H and O–H groups in total. The molecule has 0 bridgehead atoms. The molecule has 0 aromatic heterocycles. The quantitative estimate of drug-likeness (QED) is 0.503. The van der Waals surface area contributed by atoms with Crippen molar-refractivity contribution in [2.45, 2.75) is 6.92 Å². The van der Waals surface area contributed by atoms with Gasteiger partial charge in [-0.25, -0.2) is 0 Å². The average Bonchev–Trinajstić information content (AvgIpc) is 1.30. The van der Waals surface area contributed by atoms with Crippen LogP contribution >= 0.6 is 7.60 Å². The van der Waals surface area contributed by atoms with Crippen molar-refractivity contribution in [1.29, 1.82) is 0 Å². The molecule has 0 atom stereocenters. The van der Waals surface area contributed by atoms with Crippen LogP contribution in [0.15, 0.2) is 11.9 Å². The maximum atomic E-state index is 9.84. The minimum atomic E-state index is -3.85. The van der Waals surface area contributed by atoms with Crippen molar-refractivity contribution in [3.05, 3.63) is 11.9 Å². The van der Waals surface area contributed by atoms with Crippen LogP contribution in [-0.2, 0) is 4.57 Å². The molecule has 0 aromatic rings. The predicted molar refractivity (Wildman–Crippen MR) is 26.9 cm³/mol. The molecule has 0 aliphatic heterocycles. The molecule has 0 aliphatic carbocycles. The van der Waals surface area contributed by atoms with Gasteiger partial charge in [-0.05, 0) is 6.92 Å². The second kappa shape index (κ2) is 2.26. The standard InChI is InChI=1S/C3H7O3P/c1-2-3-7(4,5)6/h2-3H,1H3,(H2,4,5,6)/b3-2+. The molecule has 0 spiro atoms. The maximum absolute atomic E-state index is 9.84. The summed E-state index contributed by atoms with van der Waals surface area (Å²) in [6.07, 6.45) is 1.32. The summed E-state index contributed by atoms with van der Waals surface area (Å²) >= 11 is 0. The van der Waals surface area contributed by atoms with Crippen LogP contribution in [0.25, 0.3) is 0 Å². The lowest BCUT2D eigenvalue weighted by Gasteiger charge is -1.89. The van der Waals surface area contributed by atoms with Gasteiger partial charge in [-0.15, -0.1) is 0 Å². The van der Waals surface area contributed by atoms with Gasteiger partial charge in [-0.3, -0.25) is 4.57 Å². The Labute approximate surface area is 41.8 Å². The van der Waals surface area contributed by atoms with Crippen LogP contribution in [-0.4, -0.2) is 9.79 Å². The van der Waals surface area contributed by atoms with Crippen molar-refractivity contribution >= 4 is 7.60 Å². The molecule has 4 heteroatoms. The van der Waals surface area contributed by atoms with Crippen LogP contribution in [0, 0.1) is 0 Å². The normalized spacial score (nSPS) is 13.0. The van der Waals surface area contributed by atoms with Crippen LogP contribution in [0.1, 0.15) is 6.92 Å². The zero-order valence-electron chi connectivity index (χ0n) is 3.90. The molecule has 0 radical (unpaired) electrons. The van der Waals surface area contributed by atoms with Gasteiger partial charge in [-0.2, -0.15) is 0 Å². The highest BCUT2D eigenvalue weighted by Gasteiger charge is 2.02. The molecule has 0 saturated carbocycles. The zero-order chi connectivity index (χ0) is 5.91. The van der Waals surface area contributed by atoms with Crippen molar-refractivity contribution < 1.29 is 14.4 Å². The van der Waals surface area contributed by atoms with Crippen molar-refractivity contribution in [2.75, 3.05) is 0 Å². The summed E-state index contributed by atoms with van der Waals surface area (Å²) < 4.78 is 9.84. The van der Waals surface area contributed by atoms with Gasteiger partial charge >= 0.3 is 7.60 Å². The van der Waals surface area contributed by atoms with Crippen molar-refractivity contribution in [3.63, 3.8) is 0 Å². The smallest absolute Gasteiger partial charge is 0.321 e. The summed E-state index contributed by atoms with van der Waals surface area (Å²) in [5, 5.41) is 0. The molecule has 0 fully saturated rings. The van der Waals surface area contributed by atoms with E-state index in [2.05, 4.69) is 0 Å². The minimum Gasteiger partial charge on any atom is -0.321 e. The fraction of sp³-hybridized carbons (Fsp3) is 0.333. The summed E-state index contributed by atoms with van der Waals surface area (Å²) in [5.74, 6) is 0.854. The SMILES string of the molecule is C/C=C/P(=O)(O)O. The average molecular weight is 122 g/mol. The van der Waals surface area contributed by atoms with Gasteiger partial charge in [0.2, 0.25) is 0 Å². The van der Waals surface area contributed by atoms with E-state index in [-0.39, 0.29) is 0 Å². The van der Waals surface area contributed by atoms with Crippen LogP contribution in [0.4, 0.5) is 0 Å². The zero-order valence-corrected chi connectivity index (χ0v) is 4.80. The Hall–Kier alpha value is -0.110. The van der Waals surface area contributed by atoms with E-state index in [4.69, 9.17) is 9.79 Å². The maximum Gasteiger partial charge on any atom is 0.348 e. The molecule has 3 nitrogen and oxygen atoms in total. The summed E-state index contributed by atoms with van der Waals surface area (Å²) in [4.78, 5) is 16.1. The first-order valence-corrected chi connectivity index (χ1v) is 3.43. The highest BCUT2D eigenvalue weighted by atomic mass is 31.2. The monoisotopic (exact) mass is 122 g/mol. The van der Waals surface area contributed by atoms with E-state index in [0.717, 1.165) is 5.82 Å². The molecule has 42 valence electrons. The largest absolute Gasteiger partial charge is 0.348 e. The Morgan fingerprint density at radius 2 is 2.00 bits per heavy atom. The molecule has 0 saturated heterocycles. The molecule has 0 aromatic carbocycles. The summed E-state index contributed by atoms with van der Waals surface area (Å²) in [6, 6.07) is 0. The first-order chi connectivity index (χ1) is 3.06. The van der Waals surface area contributed by atoms with Gasteiger partial charge in [-0.1, -0.05) is 6.08 Å². The topological polar surface area (TPSA) is 57.5 Å². The Morgan fingerprint density at radius 1 is 1.57 bits per heavy atom. The second-order valence-electron chi connectivity index (χ2n) is 1.07. The third-order valence-corrected chi connectivity index (χ3v) is 1.03. The minimum absolute atomic E-state index is 0.854. The highest BCUT2D eigenvalue weighted by molar-refractivity contribution is 7.55. The van der Waals surface area contributed by atoms with E-state index in [0.29, 0.717) is 0 Å². The van der Waals surface area contributed by atoms with E-state index >= 15 is 0 Å². The van der Waals surface area contributed by atoms with E-state index in [1.165, 1.54) is 6.08 Å².